The number of benzene rings is 1. The molecule has 3 rings (SSSR count). The zero-order valence-corrected chi connectivity index (χ0v) is 13.7. The first kappa shape index (κ1) is 14.6. The van der Waals surface area contributed by atoms with Crippen molar-refractivity contribution in [3.8, 4) is 0 Å². The van der Waals surface area contributed by atoms with Gasteiger partial charge in [-0.2, -0.15) is 0 Å². The molecule has 0 spiro atoms. The minimum atomic E-state index is -0.301. The van der Waals surface area contributed by atoms with Crippen molar-refractivity contribution in [1.29, 1.82) is 0 Å². The van der Waals surface area contributed by atoms with Crippen LogP contribution in [0.3, 0.4) is 0 Å². The SMILES string of the molecule is Nc1cc2c(N)c(C(=O)Nc3ccccc3Br)sc2nc1N. The number of pyridine rings is 1. The lowest BCUT2D eigenvalue weighted by Crippen LogP contribution is -2.12. The number of hydrogen-bond donors (Lipinski definition) is 4. The third-order valence-electron chi connectivity index (χ3n) is 3.11. The lowest BCUT2D eigenvalue weighted by atomic mass is 10.2. The molecule has 0 saturated heterocycles. The number of carbonyl (C=O) groups excluding carboxylic acids is 1. The van der Waals surface area contributed by atoms with E-state index in [-0.39, 0.29) is 11.7 Å². The van der Waals surface area contributed by atoms with Crippen LogP contribution in [0.4, 0.5) is 22.9 Å². The van der Waals surface area contributed by atoms with E-state index in [9.17, 15) is 4.79 Å². The number of amides is 1. The Balaban J connectivity index is 2.01. The fraction of sp³-hybridized carbons (Fsp3) is 0. The Kier molecular flexibility index (Phi) is 3.63. The molecule has 3 aromatic rings. The summed E-state index contributed by atoms with van der Waals surface area (Å²) in [6.07, 6.45) is 0. The van der Waals surface area contributed by atoms with Crippen molar-refractivity contribution in [2.75, 3.05) is 22.5 Å². The Labute approximate surface area is 138 Å². The topological polar surface area (TPSA) is 120 Å². The molecule has 0 fully saturated rings. The molecule has 112 valence electrons. The number of hydrogen-bond acceptors (Lipinski definition) is 6. The molecule has 6 nitrogen and oxygen atoms in total. The zero-order valence-electron chi connectivity index (χ0n) is 11.3. The number of carbonyl (C=O) groups is 1. The van der Waals surface area contributed by atoms with Crippen LogP contribution in [0.2, 0.25) is 0 Å². The van der Waals surface area contributed by atoms with Gasteiger partial charge in [-0.25, -0.2) is 4.98 Å². The van der Waals surface area contributed by atoms with E-state index < -0.39 is 0 Å². The first-order valence-electron chi connectivity index (χ1n) is 6.27. The molecule has 8 heteroatoms. The number of aromatic nitrogens is 1. The molecule has 0 atom stereocenters. The van der Waals surface area contributed by atoms with Crippen molar-refractivity contribution in [3.05, 3.63) is 39.7 Å². The van der Waals surface area contributed by atoms with Crippen molar-refractivity contribution in [3.63, 3.8) is 0 Å². The maximum atomic E-state index is 12.4. The summed E-state index contributed by atoms with van der Waals surface area (Å²) in [5, 5.41) is 3.45. The predicted octanol–water partition coefficient (Wildman–Crippen LogP) is 3.06. The van der Waals surface area contributed by atoms with Gasteiger partial charge in [0, 0.05) is 9.86 Å². The molecule has 7 N–H and O–H groups in total. The summed E-state index contributed by atoms with van der Waals surface area (Å²) < 4.78 is 0.787. The van der Waals surface area contributed by atoms with E-state index in [1.54, 1.807) is 12.1 Å². The summed E-state index contributed by atoms with van der Waals surface area (Å²) in [7, 11) is 0. The van der Waals surface area contributed by atoms with Crippen molar-refractivity contribution in [1.82, 2.24) is 4.98 Å². The largest absolute Gasteiger partial charge is 0.397 e. The second-order valence-electron chi connectivity index (χ2n) is 4.59. The predicted molar refractivity (Wildman–Crippen MR) is 95.0 cm³/mol. The average Bonchev–Trinajstić information content (AvgIpc) is 2.79. The van der Waals surface area contributed by atoms with E-state index in [0.29, 0.717) is 32.2 Å². The van der Waals surface area contributed by atoms with E-state index in [4.69, 9.17) is 17.2 Å². The summed E-state index contributed by atoms with van der Waals surface area (Å²) in [6, 6.07) is 8.96. The monoisotopic (exact) mass is 377 g/mol. The molecule has 0 aliphatic carbocycles. The number of nitrogens with zero attached hydrogens (tertiary/aromatic N) is 1. The third-order valence-corrected chi connectivity index (χ3v) is 4.92. The van der Waals surface area contributed by atoms with Gasteiger partial charge in [0.1, 0.15) is 15.5 Å². The van der Waals surface area contributed by atoms with Crippen molar-refractivity contribution >= 4 is 66.3 Å². The van der Waals surface area contributed by atoms with Gasteiger partial charge in [-0.1, -0.05) is 12.1 Å². The fourth-order valence-electron chi connectivity index (χ4n) is 1.98. The molecular weight excluding hydrogens is 366 g/mol. The van der Waals surface area contributed by atoms with Gasteiger partial charge in [-0.3, -0.25) is 4.79 Å². The van der Waals surface area contributed by atoms with Gasteiger partial charge < -0.3 is 22.5 Å². The van der Waals surface area contributed by atoms with Crippen LogP contribution in [0.15, 0.2) is 34.8 Å². The molecule has 0 radical (unpaired) electrons. The Morgan fingerprint density at radius 3 is 2.68 bits per heavy atom. The second kappa shape index (κ2) is 5.47. The van der Waals surface area contributed by atoms with Gasteiger partial charge in [0.15, 0.2) is 0 Å². The number of nitrogens with one attached hydrogen (secondary N) is 1. The van der Waals surface area contributed by atoms with Gasteiger partial charge in [0.05, 0.1) is 17.1 Å². The highest BCUT2D eigenvalue weighted by Crippen LogP contribution is 2.35. The normalized spacial score (nSPS) is 10.8. The van der Waals surface area contributed by atoms with Crippen LogP contribution in [-0.2, 0) is 0 Å². The van der Waals surface area contributed by atoms with Gasteiger partial charge in [-0.05, 0) is 34.1 Å². The van der Waals surface area contributed by atoms with Crippen molar-refractivity contribution in [2.45, 2.75) is 0 Å². The Bertz CT molecular complexity index is 892. The highest BCUT2D eigenvalue weighted by atomic mass is 79.9. The fourth-order valence-corrected chi connectivity index (χ4v) is 3.34. The quantitative estimate of drug-likeness (QED) is 0.546. The molecule has 2 aromatic heterocycles. The van der Waals surface area contributed by atoms with Crippen LogP contribution in [0.25, 0.3) is 10.2 Å². The van der Waals surface area contributed by atoms with Crippen LogP contribution in [0, 0.1) is 0 Å². The average molecular weight is 378 g/mol. The Morgan fingerprint density at radius 1 is 1.23 bits per heavy atom. The molecule has 1 amide bonds. The molecule has 0 unspecified atom stereocenters. The third kappa shape index (κ3) is 2.46. The van der Waals surface area contributed by atoms with Gasteiger partial charge >= 0.3 is 0 Å². The number of rotatable bonds is 2. The number of nitrogen functional groups attached to an aromatic ring is 3. The van der Waals surface area contributed by atoms with Crippen LogP contribution in [-0.4, -0.2) is 10.9 Å². The second-order valence-corrected chi connectivity index (χ2v) is 6.45. The zero-order chi connectivity index (χ0) is 15.9. The van der Waals surface area contributed by atoms with E-state index in [1.165, 1.54) is 11.3 Å². The summed E-state index contributed by atoms with van der Waals surface area (Å²) in [4.78, 5) is 17.6. The highest BCUT2D eigenvalue weighted by molar-refractivity contribution is 9.10. The Hall–Kier alpha value is -2.32. The first-order chi connectivity index (χ1) is 10.5. The van der Waals surface area contributed by atoms with E-state index in [0.717, 1.165) is 4.47 Å². The molecular formula is C14H12BrN5OS. The van der Waals surface area contributed by atoms with Crippen LogP contribution in [0.5, 0.6) is 0 Å². The van der Waals surface area contributed by atoms with Gasteiger partial charge in [0.25, 0.3) is 5.91 Å². The summed E-state index contributed by atoms with van der Waals surface area (Å²) in [6.45, 7) is 0. The molecule has 2 heterocycles. The van der Waals surface area contributed by atoms with Crippen LogP contribution in [0.1, 0.15) is 9.67 Å². The molecule has 0 aliphatic heterocycles. The van der Waals surface area contributed by atoms with Gasteiger partial charge in [-0.15, -0.1) is 11.3 Å². The lowest BCUT2D eigenvalue weighted by molar-refractivity contribution is 0.103. The smallest absolute Gasteiger partial charge is 0.267 e. The molecule has 0 aliphatic rings. The maximum absolute atomic E-state index is 12.4. The number of fused-ring (bicyclic) bond motifs is 1. The summed E-state index contributed by atoms with van der Waals surface area (Å²) >= 11 is 4.56. The number of thiophene rings is 1. The van der Waals surface area contributed by atoms with E-state index >= 15 is 0 Å². The van der Waals surface area contributed by atoms with Gasteiger partial charge in [0.2, 0.25) is 0 Å². The minimum Gasteiger partial charge on any atom is -0.397 e. The molecule has 0 saturated carbocycles. The van der Waals surface area contributed by atoms with Crippen molar-refractivity contribution in [2.24, 2.45) is 0 Å². The minimum absolute atomic E-state index is 0.228. The number of para-hydroxylation sites is 1. The number of halogens is 1. The lowest BCUT2D eigenvalue weighted by Gasteiger charge is -2.06. The maximum Gasteiger partial charge on any atom is 0.267 e. The van der Waals surface area contributed by atoms with Crippen LogP contribution < -0.4 is 22.5 Å². The number of anilines is 4. The summed E-state index contributed by atoms with van der Waals surface area (Å²) in [5.74, 6) is -0.0731. The van der Waals surface area contributed by atoms with E-state index in [1.807, 2.05) is 18.2 Å². The van der Waals surface area contributed by atoms with Crippen molar-refractivity contribution < 1.29 is 4.79 Å². The van der Waals surface area contributed by atoms with E-state index in [2.05, 4.69) is 26.2 Å². The van der Waals surface area contributed by atoms with Crippen LogP contribution >= 0.6 is 27.3 Å². The first-order valence-corrected chi connectivity index (χ1v) is 7.88. The molecule has 0 bridgehead atoms. The standard InChI is InChI=1S/C14H12BrN5OS/c15-7-3-1-2-4-9(7)19-13(21)11-10(17)6-5-8(16)12(18)20-14(6)22-11/h1-5H,16-17H2,(H2,18,20)(H,19,21). The molecule has 1 aromatic carbocycles. The Morgan fingerprint density at radius 2 is 1.95 bits per heavy atom. The number of nitrogens with two attached hydrogens (primary N) is 3. The molecule has 22 heavy (non-hydrogen) atoms. The summed E-state index contributed by atoms with van der Waals surface area (Å²) in [5.41, 5.74) is 18.8. The highest BCUT2D eigenvalue weighted by Gasteiger charge is 2.19.